The van der Waals surface area contributed by atoms with Crippen molar-refractivity contribution in [3.8, 4) is 0 Å². The average molecular weight is 442 g/mol. The standard InChI is InChI=1S/C20H23N7O3S/c1-14-11-16-12-17(3-4-18(16)27(14)15(2)28)31(29,30)25-9-7-24(8-10-25)20-6-5-19-22-21-13-26(19)23-20/h3-6,12-14H,7-11H2,1-2H3/t14-/m0/s1. The highest BCUT2D eigenvalue weighted by Crippen LogP contribution is 2.34. The number of piperazine rings is 1. The molecule has 1 saturated heterocycles. The second-order valence-corrected chi connectivity index (χ2v) is 9.89. The molecule has 1 atom stereocenters. The Labute approximate surface area is 180 Å². The fourth-order valence-corrected chi connectivity index (χ4v) is 5.91. The van der Waals surface area contributed by atoms with Gasteiger partial charge in [-0.1, -0.05) is 0 Å². The van der Waals surface area contributed by atoms with Gasteiger partial charge < -0.3 is 9.80 Å². The molecule has 0 spiro atoms. The number of aromatic nitrogens is 4. The largest absolute Gasteiger partial charge is 0.353 e. The van der Waals surface area contributed by atoms with Gasteiger partial charge in [0, 0.05) is 44.8 Å². The number of carbonyl (C=O) groups is 1. The first-order chi connectivity index (χ1) is 14.8. The summed E-state index contributed by atoms with van der Waals surface area (Å²) in [6.07, 6.45) is 2.20. The number of hydrogen-bond donors (Lipinski definition) is 0. The van der Waals surface area contributed by atoms with Crippen molar-refractivity contribution in [1.29, 1.82) is 0 Å². The predicted molar refractivity (Wildman–Crippen MR) is 115 cm³/mol. The Bertz CT molecular complexity index is 1260. The second kappa shape index (κ2) is 7.27. The Hall–Kier alpha value is -3.05. The zero-order chi connectivity index (χ0) is 21.8. The fraction of sp³-hybridized carbons (Fsp3) is 0.400. The van der Waals surface area contributed by atoms with Crippen molar-refractivity contribution in [3.63, 3.8) is 0 Å². The molecule has 162 valence electrons. The summed E-state index contributed by atoms with van der Waals surface area (Å²) in [6.45, 7) is 5.33. The third kappa shape index (κ3) is 3.33. The van der Waals surface area contributed by atoms with Crippen LogP contribution in [-0.2, 0) is 21.2 Å². The van der Waals surface area contributed by atoms with Crippen molar-refractivity contribution in [3.05, 3.63) is 42.2 Å². The number of benzene rings is 1. The van der Waals surface area contributed by atoms with Crippen LogP contribution in [0.5, 0.6) is 0 Å². The van der Waals surface area contributed by atoms with Crippen LogP contribution in [0.1, 0.15) is 19.4 Å². The van der Waals surface area contributed by atoms with E-state index in [9.17, 15) is 13.2 Å². The number of hydrogen-bond acceptors (Lipinski definition) is 7. The van der Waals surface area contributed by atoms with Gasteiger partial charge in [-0.15, -0.1) is 15.3 Å². The molecule has 2 aromatic heterocycles. The summed E-state index contributed by atoms with van der Waals surface area (Å²) < 4.78 is 29.6. The quantitative estimate of drug-likeness (QED) is 0.596. The van der Waals surface area contributed by atoms with Crippen molar-refractivity contribution in [2.24, 2.45) is 0 Å². The first-order valence-corrected chi connectivity index (χ1v) is 11.6. The molecule has 5 rings (SSSR count). The van der Waals surface area contributed by atoms with Crippen molar-refractivity contribution in [1.82, 2.24) is 24.1 Å². The van der Waals surface area contributed by atoms with E-state index < -0.39 is 10.0 Å². The lowest BCUT2D eigenvalue weighted by Gasteiger charge is -2.34. The molecule has 11 heteroatoms. The van der Waals surface area contributed by atoms with Crippen LogP contribution in [0.4, 0.5) is 11.5 Å². The molecule has 4 heterocycles. The number of amides is 1. The molecule has 1 aromatic carbocycles. The number of rotatable bonds is 3. The van der Waals surface area contributed by atoms with E-state index in [1.54, 1.807) is 33.9 Å². The van der Waals surface area contributed by atoms with Gasteiger partial charge in [0.05, 0.1) is 4.90 Å². The molecule has 2 aliphatic rings. The lowest BCUT2D eigenvalue weighted by molar-refractivity contribution is -0.116. The molecule has 0 unspecified atom stereocenters. The van der Waals surface area contributed by atoms with Crippen LogP contribution in [0.25, 0.3) is 5.65 Å². The molecule has 10 nitrogen and oxygen atoms in total. The summed E-state index contributed by atoms with van der Waals surface area (Å²) in [5, 5.41) is 12.3. The Morgan fingerprint density at radius 1 is 1.10 bits per heavy atom. The minimum Gasteiger partial charge on any atom is -0.353 e. The van der Waals surface area contributed by atoms with E-state index in [-0.39, 0.29) is 16.8 Å². The van der Waals surface area contributed by atoms with Gasteiger partial charge in [0.2, 0.25) is 15.9 Å². The van der Waals surface area contributed by atoms with E-state index >= 15 is 0 Å². The minimum absolute atomic E-state index is 0.0312. The maximum Gasteiger partial charge on any atom is 0.243 e. The molecule has 0 saturated carbocycles. The Balaban J connectivity index is 1.33. The smallest absolute Gasteiger partial charge is 0.243 e. The number of fused-ring (bicyclic) bond motifs is 2. The summed E-state index contributed by atoms with van der Waals surface area (Å²) in [6, 6.07) is 8.82. The number of sulfonamides is 1. The first-order valence-electron chi connectivity index (χ1n) is 10.2. The van der Waals surface area contributed by atoms with Gasteiger partial charge in [0.15, 0.2) is 5.65 Å². The van der Waals surface area contributed by atoms with Gasteiger partial charge >= 0.3 is 0 Å². The highest BCUT2D eigenvalue weighted by molar-refractivity contribution is 7.89. The SMILES string of the molecule is CC(=O)N1c2ccc(S(=O)(=O)N3CCN(c4ccc5nncn5n4)CC3)cc2C[C@@H]1C. The third-order valence-electron chi connectivity index (χ3n) is 5.95. The lowest BCUT2D eigenvalue weighted by atomic mass is 10.1. The zero-order valence-electron chi connectivity index (χ0n) is 17.3. The summed E-state index contributed by atoms with van der Waals surface area (Å²) in [5.41, 5.74) is 2.37. The molecule has 3 aromatic rings. The summed E-state index contributed by atoms with van der Waals surface area (Å²) in [5.74, 6) is 0.733. The number of nitrogens with zero attached hydrogens (tertiary/aromatic N) is 7. The highest BCUT2D eigenvalue weighted by atomic mass is 32.2. The maximum absolute atomic E-state index is 13.3. The average Bonchev–Trinajstić information content (AvgIpc) is 3.35. The van der Waals surface area contributed by atoms with Crippen LogP contribution < -0.4 is 9.80 Å². The predicted octanol–water partition coefficient (Wildman–Crippen LogP) is 0.933. The van der Waals surface area contributed by atoms with E-state index in [0.29, 0.717) is 38.2 Å². The Kier molecular flexibility index (Phi) is 4.67. The molecule has 31 heavy (non-hydrogen) atoms. The number of carbonyl (C=O) groups excluding carboxylic acids is 1. The summed E-state index contributed by atoms with van der Waals surface area (Å²) in [4.78, 5) is 16.0. The third-order valence-corrected chi connectivity index (χ3v) is 7.85. The first kappa shape index (κ1) is 19.9. The molecule has 0 aliphatic carbocycles. The monoisotopic (exact) mass is 441 g/mol. The van der Waals surface area contributed by atoms with Crippen LogP contribution in [0.3, 0.4) is 0 Å². The molecule has 0 radical (unpaired) electrons. The van der Waals surface area contributed by atoms with E-state index in [0.717, 1.165) is 17.1 Å². The molecule has 1 amide bonds. The van der Waals surface area contributed by atoms with Gasteiger partial charge in [-0.05, 0) is 49.2 Å². The lowest BCUT2D eigenvalue weighted by Crippen LogP contribution is -2.49. The topological polar surface area (TPSA) is 104 Å². The molecule has 0 N–H and O–H groups in total. The van der Waals surface area contributed by atoms with Crippen molar-refractivity contribution >= 4 is 33.1 Å². The van der Waals surface area contributed by atoms with E-state index in [1.807, 2.05) is 19.1 Å². The summed E-state index contributed by atoms with van der Waals surface area (Å²) >= 11 is 0. The summed E-state index contributed by atoms with van der Waals surface area (Å²) in [7, 11) is -3.61. The van der Waals surface area contributed by atoms with Crippen molar-refractivity contribution in [2.75, 3.05) is 36.0 Å². The molecular formula is C20H23N7O3S. The Morgan fingerprint density at radius 2 is 1.87 bits per heavy atom. The van der Waals surface area contributed by atoms with Gasteiger partial charge in [-0.2, -0.15) is 8.82 Å². The molecule has 0 bridgehead atoms. The minimum atomic E-state index is -3.61. The van der Waals surface area contributed by atoms with Crippen LogP contribution in [-0.4, -0.2) is 70.7 Å². The van der Waals surface area contributed by atoms with Crippen LogP contribution >= 0.6 is 0 Å². The maximum atomic E-state index is 13.3. The van der Waals surface area contributed by atoms with E-state index in [4.69, 9.17) is 0 Å². The molecule has 1 fully saturated rings. The van der Waals surface area contributed by atoms with Crippen molar-refractivity contribution in [2.45, 2.75) is 31.2 Å². The van der Waals surface area contributed by atoms with E-state index in [1.165, 1.54) is 11.2 Å². The van der Waals surface area contributed by atoms with Gasteiger partial charge in [-0.3, -0.25) is 4.79 Å². The number of anilines is 2. The van der Waals surface area contributed by atoms with Crippen LogP contribution in [0, 0.1) is 0 Å². The fourth-order valence-electron chi connectivity index (χ4n) is 4.44. The van der Waals surface area contributed by atoms with Crippen LogP contribution in [0.2, 0.25) is 0 Å². The van der Waals surface area contributed by atoms with Gasteiger partial charge in [-0.25, -0.2) is 8.42 Å². The van der Waals surface area contributed by atoms with Crippen LogP contribution in [0.15, 0.2) is 41.6 Å². The molecular weight excluding hydrogens is 418 g/mol. The zero-order valence-corrected chi connectivity index (χ0v) is 18.2. The second-order valence-electron chi connectivity index (χ2n) is 7.95. The van der Waals surface area contributed by atoms with E-state index in [2.05, 4.69) is 20.2 Å². The van der Waals surface area contributed by atoms with Gasteiger partial charge in [0.25, 0.3) is 0 Å². The highest BCUT2D eigenvalue weighted by Gasteiger charge is 2.33. The molecule has 2 aliphatic heterocycles. The van der Waals surface area contributed by atoms with Crippen molar-refractivity contribution < 1.29 is 13.2 Å². The Morgan fingerprint density at radius 3 is 2.61 bits per heavy atom. The normalized spacial score (nSPS) is 19.7. The van der Waals surface area contributed by atoms with Gasteiger partial charge in [0.1, 0.15) is 12.1 Å².